The second-order valence-electron chi connectivity index (χ2n) is 10.9. The third-order valence-corrected chi connectivity index (χ3v) is 8.03. The van der Waals surface area contributed by atoms with Gasteiger partial charge < -0.3 is 20.3 Å². The van der Waals surface area contributed by atoms with Crippen LogP contribution in [0, 0.1) is 0 Å². The molecule has 1 aromatic heterocycles. The van der Waals surface area contributed by atoms with Gasteiger partial charge in [0.25, 0.3) is 5.91 Å². The number of nitrogens with zero attached hydrogens (tertiary/aromatic N) is 3. The summed E-state index contributed by atoms with van der Waals surface area (Å²) >= 11 is 0. The van der Waals surface area contributed by atoms with Crippen molar-refractivity contribution in [2.24, 2.45) is 0 Å². The molecular formula is C27H33N5O3. The molecule has 0 radical (unpaired) electrons. The average Bonchev–Trinajstić information content (AvgIpc) is 3.15. The zero-order valence-electron chi connectivity index (χ0n) is 20.4. The molecule has 0 bridgehead atoms. The van der Waals surface area contributed by atoms with Crippen LogP contribution in [0.15, 0.2) is 36.5 Å². The molecule has 184 valence electrons. The number of aromatic nitrogens is 1. The number of amides is 2. The lowest BCUT2D eigenvalue weighted by atomic mass is 9.78. The van der Waals surface area contributed by atoms with E-state index in [1.807, 2.05) is 34.2 Å². The van der Waals surface area contributed by atoms with Gasteiger partial charge in [-0.3, -0.25) is 9.69 Å². The van der Waals surface area contributed by atoms with E-state index in [1.54, 1.807) is 0 Å². The van der Waals surface area contributed by atoms with E-state index in [0.717, 1.165) is 43.7 Å². The van der Waals surface area contributed by atoms with Gasteiger partial charge in [0.05, 0.1) is 12.6 Å². The molecule has 0 aliphatic carbocycles. The summed E-state index contributed by atoms with van der Waals surface area (Å²) in [6, 6.07) is 10.5. The van der Waals surface area contributed by atoms with E-state index in [0.29, 0.717) is 31.2 Å². The van der Waals surface area contributed by atoms with Crippen LogP contribution in [0.25, 0.3) is 0 Å². The van der Waals surface area contributed by atoms with Crippen molar-refractivity contribution in [3.05, 3.63) is 58.8 Å². The van der Waals surface area contributed by atoms with Crippen molar-refractivity contribution in [1.29, 1.82) is 0 Å². The summed E-state index contributed by atoms with van der Waals surface area (Å²) < 4.78 is 5.83. The normalized spacial score (nSPS) is 25.5. The van der Waals surface area contributed by atoms with Crippen molar-refractivity contribution < 1.29 is 14.3 Å². The zero-order chi connectivity index (χ0) is 24.2. The van der Waals surface area contributed by atoms with Gasteiger partial charge in [-0.1, -0.05) is 38.1 Å². The van der Waals surface area contributed by atoms with Crippen LogP contribution in [0.5, 0.6) is 0 Å². The number of nitrogens with one attached hydrogen (secondary N) is 2. The minimum atomic E-state index is -0.341. The van der Waals surface area contributed by atoms with Gasteiger partial charge in [-0.15, -0.1) is 0 Å². The number of cyclic esters (lactones) is 1. The van der Waals surface area contributed by atoms with Crippen LogP contribution in [-0.4, -0.2) is 71.2 Å². The van der Waals surface area contributed by atoms with E-state index in [-0.39, 0.29) is 29.6 Å². The van der Waals surface area contributed by atoms with Crippen LogP contribution in [0.4, 0.5) is 10.6 Å². The first-order valence-electron chi connectivity index (χ1n) is 12.7. The summed E-state index contributed by atoms with van der Waals surface area (Å²) in [6.07, 6.45) is 4.07. The minimum absolute atomic E-state index is 0.0132. The highest BCUT2D eigenvalue weighted by Crippen LogP contribution is 2.36. The molecular weight excluding hydrogens is 442 g/mol. The van der Waals surface area contributed by atoms with E-state index < -0.39 is 0 Å². The summed E-state index contributed by atoms with van der Waals surface area (Å²) in [4.78, 5) is 34.7. The maximum absolute atomic E-state index is 13.7. The molecule has 5 heterocycles. The molecule has 2 amide bonds. The van der Waals surface area contributed by atoms with Gasteiger partial charge in [-0.05, 0) is 55.1 Å². The van der Waals surface area contributed by atoms with Crippen molar-refractivity contribution in [1.82, 2.24) is 20.1 Å². The Bertz CT molecular complexity index is 1160. The second kappa shape index (κ2) is 8.52. The third-order valence-electron chi connectivity index (χ3n) is 8.03. The number of anilines is 1. The molecule has 2 N–H and O–H groups in total. The van der Waals surface area contributed by atoms with Crippen molar-refractivity contribution in [3.8, 4) is 0 Å². The number of benzene rings is 1. The minimum Gasteiger partial charge on any atom is -0.442 e. The highest BCUT2D eigenvalue weighted by atomic mass is 16.6. The molecule has 8 heteroatoms. The van der Waals surface area contributed by atoms with Crippen molar-refractivity contribution in [2.45, 2.75) is 63.3 Å². The zero-order valence-corrected chi connectivity index (χ0v) is 20.4. The predicted octanol–water partition coefficient (Wildman–Crippen LogP) is 2.92. The molecule has 2 fully saturated rings. The Hall–Kier alpha value is -3.13. The Kier molecular flexibility index (Phi) is 5.44. The van der Waals surface area contributed by atoms with Gasteiger partial charge in [0.15, 0.2) is 0 Å². The molecule has 2 atom stereocenters. The Morgan fingerprint density at radius 1 is 1.17 bits per heavy atom. The molecule has 35 heavy (non-hydrogen) atoms. The van der Waals surface area contributed by atoms with Gasteiger partial charge in [-0.2, -0.15) is 0 Å². The summed E-state index contributed by atoms with van der Waals surface area (Å²) in [7, 11) is 0. The molecule has 0 spiro atoms. The molecule has 4 aliphatic rings. The maximum atomic E-state index is 13.7. The third kappa shape index (κ3) is 4.03. The predicted molar refractivity (Wildman–Crippen MR) is 132 cm³/mol. The van der Waals surface area contributed by atoms with Crippen molar-refractivity contribution >= 4 is 17.8 Å². The Labute approximate surface area is 206 Å². The van der Waals surface area contributed by atoms with Gasteiger partial charge in [0.1, 0.15) is 11.9 Å². The van der Waals surface area contributed by atoms with E-state index in [4.69, 9.17) is 4.74 Å². The highest BCUT2D eigenvalue weighted by Gasteiger charge is 2.47. The number of hydrogen-bond acceptors (Lipinski definition) is 6. The fraction of sp³-hybridized carbons (Fsp3) is 0.519. The number of carbonyl (C=O) groups excluding carboxylic acids is 2. The Morgan fingerprint density at radius 3 is 2.74 bits per heavy atom. The first-order valence-corrected chi connectivity index (χ1v) is 12.7. The van der Waals surface area contributed by atoms with Crippen LogP contribution < -0.4 is 10.6 Å². The Balaban J connectivity index is 1.23. The first kappa shape index (κ1) is 22.3. The smallest absolute Gasteiger partial charge is 0.410 e. The van der Waals surface area contributed by atoms with Gasteiger partial charge >= 0.3 is 6.09 Å². The van der Waals surface area contributed by atoms with E-state index in [2.05, 4.69) is 41.6 Å². The average molecular weight is 476 g/mol. The van der Waals surface area contributed by atoms with Crippen LogP contribution in [0.1, 0.15) is 53.7 Å². The topological polar surface area (TPSA) is 86.8 Å². The fourth-order valence-electron chi connectivity index (χ4n) is 6.11. The summed E-state index contributed by atoms with van der Waals surface area (Å²) in [5.74, 6) is 0.741. The second-order valence-corrected chi connectivity index (χ2v) is 10.9. The largest absolute Gasteiger partial charge is 0.442 e. The lowest BCUT2D eigenvalue weighted by molar-refractivity contribution is 0.0521. The number of hydrogen-bond donors (Lipinski definition) is 2. The van der Waals surface area contributed by atoms with Crippen LogP contribution >= 0.6 is 0 Å². The van der Waals surface area contributed by atoms with Crippen LogP contribution in [-0.2, 0) is 23.1 Å². The molecule has 1 unspecified atom stereocenters. The molecule has 6 rings (SSSR count). The Morgan fingerprint density at radius 2 is 1.94 bits per heavy atom. The molecule has 2 saturated heterocycles. The molecule has 4 aliphatic heterocycles. The summed E-state index contributed by atoms with van der Waals surface area (Å²) in [5, 5.41) is 6.90. The SMILES string of the molecule is CC1(C)CN(CC2OC(=O)N3Cc4ccccc4C[C@@H]23)C(=O)c2cc(NC3CCNCC3)ncc21. The van der Waals surface area contributed by atoms with Crippen LogP contribution in [0.2, 0.25) is 0 Å². The van der Waals surface area contributed by atoms with Crippen molar-refractivity contribution in [3.63, 3.8) is 0 Å². The van der Waals surface area contributed by atoms with E-state index in [1.165, 1.54) is 11.1 Å². The lowest BCUT2D eigenvalue weighted by Gasteiger charge is -2.41. The number of piperidine rings is 1. The first-order chi connectivity index (χ1) is 16.9. The highest BCUT2D eigenvalue weighted by molar-refractivity contribution is 5.98. The van der Waals surface area contributed by atoms with Crippen molar-refractivity contribution in [2.75, 3.05) is 31.5 Å². The number of ether oxygens (including phenoxy) is 1. The molecule has 0 saturated carbocycles. The summed E-state index contributed by atoms with van der Waals surface area (Å²) in [5.41, 5.74) is 3.86. The number of pyridine rings is 1. The van der Waals surface area contributed by atoms with Gasteiger partial charge in [0, 0.05) is 36.3 Å². The fourth-order valence-corrected chi connectivity index (χ4v) is 6.11. The molecule has 2 aromatic rings. The van der Waals surface area contributed by atoms with Gasteiger partial charge in [0.2, 0.25) is 0 Å². The monoisotopic (exact) mass is 475 g/mol. The van der Waals surface area contributed by atoms with Crippen LogP contribution in [0.3, 0.4) is 0 Å². The molecule has 8 nitrogen and oxygen atoms in total. The quantitative estimate of drug-likeness (QED) is 0.707. The standard InChI is InChI=1S/C27H33N5O3/c1-27(2)16-31(15-23-22-11-17-5-3-4-6-18(17)14-32(22)26(34)35-23)25(33)20-12-24(29-13-21(20)27)30-19-7-9-28-10-8-19/h3-6,12-13,19,22-23,28H,7-11,14-16H2,1-2H3,(H,29,30)/t22-,23?/m0/s1. The maximum Gasteiger partial charge on any atom is 0.410 e. The lowest BCUT2D eigenvalue weighted by Crippen LogP contribution is -2.52. The van der Waals surface area contributed by atoms with E-state index in [9.17, 15) is 9.59 Å². The van der Waals surface area contributed by atoms with E-state index >= 15 is 0 Å². The molecule has 1 aromatic carbocycles. The number of fused-ring (bicyclic) bond motifs is 3. The number of rotatable bonds is 4. The summed E-state index contributed by atoms with van der Waals surface area (Å²) in [6.45, 7) is 7.81. The number of carbonyl (C=O) groups is 2. The van der Waals surface area contributed by atoms with Gasteiger partial charge in [-0.25, -0.2) is 9.78 Å².